The first-order valence-electron chi connectivity index (χ1n) is 12.5. The Morgan fingerprint density at radius 3 is 2.43 bits per heavy atom. The largest absolute Gasteiger partial charge is 0.357 e. The topological polar surface area (TPSA) is 66.5 Å². The van der Waals surface area contributed by atoms with Crippen molar-refractivity contribution < 1.29 is 13.9 Å². The number of nitrogens with zero attached hydrogens (tertiary/aromatic N) is 4. The molecule has 0 aliphatic carbocycles. The molecule has 3 aromatic rings. The molecule has 1 atom stereocenters. The summed E-state index contributed by atoms with van der Waals surface area (Å²) < 4.78 is 25.7. The predicted molar refractivity (Wildman–Crippen MR) is 135 cm³/mol. The third kappa shape index (κ3) is 4.92. The van der Waals surface area contributed by atoms with Crippen LogP contribution in [0.3, 0.4) is 0 Å². The number of anilines is 1. The fourth-order valence-electron chi connectivity index (χ4n) is 5.81. The average Bonchev–Trinajstić information content (AvgIpc) is 3.23. The number of ether oxygens (including phenoxy) is 2. The lowest BCUT2D eigenvalue weighted by molar-refractivity contribution is -0.141. The van der Waals surface area contributed by atoms with Gasteiger partial charge in [0.25, 0.3) is 0 Å². The molecule has 5 rings (SSSR count). The summed E-state index contributed by atoms with van der Waals surface area (Å²) in [5, 5.41) is 1.25. The number of H-pyrrole nitrogens is 1. The second kappa shape index (κ2) is 9.84. The molecule has 0 saturated carbocycles. The molecule has 0 spiro atoms. The van der Waals surface area contributed by atoms with Gasteiger partial charge in [0.2, 0.25) is 5.95 Å². The summed E-state index contributed by atoms with van der Waals surface area (Å²) in [6, 6.07) is 8.28. The summed E-state index contributed by atoms with van der Waals surface area (Å²) in [6.07, 6.45) is 6.51. The van der Waals surface area contributed by atoms with E-state index in [1.54, 1.807) is 28.1 Å². The Balaban J connectivity index is 1.40. The standard InChI is InChI=1S/C27H36FN5O2/c1-27(2,28)17-33-14-11-21-20-7-5-6-8-22(20)31-23(21)24(33)19-15-29-26(30-16-19)32-12-9-18(10-13-32)25(34-3)35-4/h5-8,15-16,18,24-25,31H,9-14,17H2,1-4H3. The number of halogens is 1. The van der Waals surface area contributed by atoms with Gasteiger partial charge < -0.3 is 19.4 Å². The fraction of sp³-hybridized carbons (Fsp3) is 0.556. The van der Waals surface area contributed by atoms with Gasteiger partial charge in [-0.3, -0.25) is 4.90 Å². The van der Waals surface area contributed by atoms with Crippen molar-refractivity contribution in [3.8, 4) is 0 Å². The molecule has 1 saturated heterocycles. The highest BCUT2D eigenvalue weighted by molar-refractivity contribution is 5.85. The molecule has 2 aliphatic rings. The monoisotopic (exact) mass is 481 g/mol. The molecule has 2 aromatic heterocycles. The zero-order valence-electron chi connectivity index (χ0n) is 21.1. The number of hydrogen-bond acceptors (Lipinski definition) is 6. The number of hydrogen-bond donors (Lipinski definition) is 1. The molecular formula is C27H36FN5O2. The maximum Gasteiger partial charge on any atom is 0.225 e. The molecule has 2 aliphatic heterocycles. The van der Waals surface area contributed by atoms with Crippen LogP contribution in [0.2, 0.25) is 0 Å². The van der Waals surface area contributed by atoms with Gasteiger partial charge in [-0.05, 0) is 44.7 Å². The SMILES string of the molecule is COC(OC)C1CCN(c2ncc(C3c4[nH]c5ccccc5c4CCN3CC(C)(C)F)cn2)CC1. The van der Waals surface area contributed by atoms with Crippen molar-refractivity contribution in [3.63, 3.8) is 0 Å². The molecule has 1 aromatic carbocycles. The normalized spacial score (nSPS) is 20.1. The number of aromatic amines is 1. The molecule has 8 heteroatoms. The van der Waals surface area contributed by atoms with E-state index in [0.717, 1.165) is 61.6 Å². The average molecular weight is 482 g/mol. The van der Waals surface area contributed by atoms with Gasteiger partial charge in [-0.2, -0.15) is 0 Å². The molecule has 1 unspecified atom stereocenters. The van der Waals surface area contributed by atoms with E-state index in [1.807, 2.05) is 18.5 Å². The summed E-state index contributed by atoms with van der Waals surface area (Å²) in [4.78, 5) is 17.6. The summed E-state index contributed by atoms with van der Waals surface area (Å²) in [5.74, 6) is 1.12. The number of para-hydroxylation sites is 1. The van der Waals surface area contributed by atoms with E-state index < -0.39 is 5.67 Å². The maximum atomic E-state index is 14.8. The van der Waals surface area contributed by atoms with Crippen LogP contribution in [0.1, 0.15) is 49.6 Å². The molecule has 0 amide bonds. The van der Waals surface area contributed by atoms with E-state index in [0.29, 0.717) is 12.5 Å². The van der Waals surface area contributed by atoms with E-state index in [4.69, 9.17) is 19.4 Å². The van der Waals surface area contributed by atoms with E-state index in [9.17, 15) is 4.39 Å². The van der Waals surface area contributed by atoms with E-state index in [2.05, 4.69) is 33.0 Å². The predicted octanol–water partition coefficient (Wildman–Crippen LogP) is 4.49. The Labute approximate surface area is 206 Å². The highest BCUT2D eigenvalue weighted by atomic mass is 19.1. The van der Waals surface area contributed by atoms with Crippen LogP contribution in [0.25, 0.3) is 10.9 Å². The first-order chi connectivity index (χ1) is 16.9. The molecule has 1 N–H and O–H groups in total. The van der Waals surface area contributed by atoms with Gasteiger partial charge in [-0.25, -0.2) is 14.4 Å². The Bertz CT molecular complexity index is 1130. The summed E-state index contributed by atoms with van der Waals surface area (Å²) in [6.45, 7) is 6.16. The second-order valence-corrected chi connectivity index (χ2v) is 10.4. The molecule has 0 radical (unpaired) electrons. The quantitative estimate of drug-likeness (QED) is 0.502. The number of aromatic nitrogens is 3. The van der Waals surface area contributed by atoms with Gasteiger partial charge in [0.15, 0.2) is 6.29 Å². The Morgan fingerprint density at radius 2 is 1.77 bits per heavy atom. The number of rotatable bonds is 7. The van der Waals surface area contributed by atoms with Crippen molar-refractivity contribution in [2.24, 2.45) is 5.92 Å². The van der Waals surface area contributed by atoms with Crippen LogP contribution in [0, 0.1) is 5.92 Å². The fourth-order valence-corrected chi connectivity index (χ4v) is 5.81. The molecule has 188 valence electrons. The highest BCUT2D eigenvalue weighted by Crippen LogP contribution is 2.39. The van der Waals surface area contributed by atoms with Gasteiger partial charge in [0, 0.05) is 80.9 Å². The number of alkyl halides is 1. The van der Waals surface area contributed by atoms with Gasteiger partial charge in [0.1, 0.15) is 5.67 Å². The van der Waals surface area contributed by atoms with Crippen molar-refractivity contribution in [3.05, 3.63) is 53.5 Å². The van der Waals surface area contributed by atoms with Gasteiger partial charge in [-0.1, -0.05) is 18.2 Å². The first-order valence-corrected chi connectivity index (χ1v) is 12.5. The minimum Gasteiger partial charge on any atom is -0.357 e. The number of fused-ring (bicyclic) bond motifs is 3. The minimum atomic E-state index is -1.30. The van der Waals surface area contributed by atoms with E-state index >= 15 is 0 Å². The molecular weight excluding hydrogens is 445 g/mol. The molecule has 0 bridgehead atoms. The van der Waals surface area contributed by atoms with Gasteiger partial charge >= 0.3 is 0 Å². The van der Waals surface area contributed by atoms with Gasteiger partial charge in [-0.15, -0.1) is 0 Å². The molecule has 35 heavy (non-hydrogen) atoms. The van der Waals surface area contributed by atoms with Gasteiger partial charge in [0.05, 0.1) is 6.04 Å². The third-order valence-electron chi connectivity index (χ3n) is 7.36. The van der Waals surface area contributed by atoms with E-state index in [1.165, 1.54) is 10.9 Å². The highest BCUT2D eigenvalue weighted by Gasteiger charge is 2.35. The van der Waals surface area contributed by atoms with Crippen LogP contribution in [-0.2, 0) is 15.9 Å². The zero-order valence-corrected chi connectivity index (χ0v) is 21.1. The lowest BCUT2D eigenvalue weighted by Crippen LogP contribution is -2.43. The van der Waals surface area contributed by atoms with E-state index in [-0.39, 0.29) is 12.3 Å². The molecule has 4 heterocycles. The molecule has 7 nitrogen and oxygen atoms in total. The van der Waals surface area contributed by atoms with Crippen LogP contribution in [-0.4, -0.2) is 72.2 Å². The molecule has 1 fully saturated rings. The maximum absolute atomic E-state index is 14.8. The second-order valence-electron chi connectivity index (χ2n) is 10.4. The summed E-state index contributed by atoms with van der Waals surface area (Å²) in [5.41, 5.74) is 3.25. The van der Waals surface area contributed by atoms with Crippen molar-refractivity contribution >= 4 is 16.9 Å². The Kier molecular flexibility index (Phi) is 6.79. The summed E-state index contributed by atoms with van der Waals surface area (Å²) >= 11 is 0. The van der Waals surface area contributed by atoms with Crippen LogP contribution >= 0.6 is 0 Å². The lowest BCUT2D eigenvalue weighted by Gasteiger charge is -2.38. The summed E-state index contributed by atoms with van der Waals surface area (Å²) in [7, 11) is 3.39. The minimum absolute atomic E-state index is 0.106. The van der Waals surface area contributed by atoms with Crippen LogP contribution < -0.4 is 4.90 Å². The zero-order chi connectivity index (χ0) is 24.6. The van der Waals surface area contributed by atoms with Crippen LogP contribution in [0.15, 0.2) is 36.7 Å². The number of benzene rings is 1. The number of nitrogens with one attached hydrogen (secondary N) is 1. The third-order valence-corrected chi connectivity index (χ3v) is 7.36. The Hall–Kier alpha value is -2.55. The van der Waals surface area contributed by atoms with Crippen LogP contribution in [0.4, 0.5) is 10.3 Å². The first kappa shape index (κ1) is 24.2. The van der Waals surface area contributed by atoms with Crippen molar-refractivity contribution in [1.82, 2.24) is 19.9 Å². The lowest BCUT2D eigenvalue weighted by atomic mass is 9.92. The smallest absolute Gasteiger partial charge is 0.225 e. The Morgan fingerprint density at radius 1 is 1.09 bits per heavy atom. The van der Waals surface area contributed by atoms with Crippen LogP contribution in [0.5, 0.6) is 0 Å². The number of piperidine rings is 1. The van der Waals surface area contributed by atoms with Crippen molar-refractivity contribution in [1.29, 1.82) is 0 Å². The van der Waals surface area contributed by atoms with Crippen molar-refractivity contribution in [2.75, 3.05) is 45.3 Å². The van der Waals surface area contributed by atoms with Crippen molar-refractivity contribution in [2.45, 2.75) is 51.1 Å². The number of methoxy groups -OCH3 is 2.